The highest BCUT2D eigenvalue weighted by Gasteiger charge is 2.33. The van der Waals surface area contributed by atoms with Crippen LogP contribution >= 0.6 is 0 Å². The number of anilines is 2. The molecule has 0 radical (unpaired) electrons. The summed E-state index contributed by atoms with van der Waals surface area (Å²) in [6.45, 7) is 4.08. The summed E-state index contributed by atoms with van der Waals surface area (Å²) in [5, 5.41) is 0. The Bertz CT molecular complexity index is 1120. The van der Waals surface area contributed by atoms with Crippen molar-refractivity contribution in [3.63, 3.8) is 0 Å². The van der Waals surface area contributed by atoms with Crippen LogP contribution in [0.1, 0.15) is 49.0 Å². The van der Waals surface area contributed by atoms with Crippen LogP contribution in [0.4, 0.5) is 11.4 Å². The maximum Gasteiger partial charge on any atom is 0.258 e. The van der Waals surface area contributed by atoms with Crippen LogP contribution in [0.25, 0.3) is 5.70 Å². The Morgan fingerprint density at radius 2 is 1.50 bits per heavy atom. The van der Waals surface area contributed by atoms with Gasteiger partial charge in [0.1, 0.15) is 0 Å². The van der Waals surface area contributed by atoms with Gasteiger partial charge in [-0.15, -0.1) is 0 Å². The monoisotopic (exact) mass is 424 g/mol. The van der Waals surface area contributed by atoms with Crippen LogP contribution in [0, 0.1) is 0 Å². The number of fused-ring (bicyclic) bond motifs is 1. The second-order valence-electron chi connectivity index (χ2n) is 8.02. The van der Waals surface area contributed by atoms with Crippen LogP contribution in [0.3, 0.4) is 0 Å². The number of hydrogen-bond donors (Lipinski definition) is 0. The Balaban J connectivity index is 1.80. The topological polar surface area (TPSA) is 40.6 Å². The summed E-state index contributed by atoms with van der Waals surface area (Å²) in [4.78, 5) is 30.4. The molecule has 32 heavy (non-hydrogen) atoms. The van der Waals surface area contributed by atoms with Crippen LogP contribution < -0.4 is 9.80 Å². The molecule has 0 aromatic heterocycles. The first-order valence-corrected chi connectivity index (χ1v) is 11.2. The Morgan fingerprint density at radius 3 is 2.19 bits per heavy atom. The highest BCUT2D eigenvalue weighted by atomic mass is 16.2. The highest BCUT2D eigenvalue weighted by Crippen LogP contribution is 2.39. The van der Waals surface area contributed by atoms with Crippen molar-refractivity contribution in [2.75, 3.05) is 9.80 Å². The van der Waals surface area contributed by atoms with Gasteiger partial charge in [0.25, 0.3) is 5.91 Å². The van der Waals surface area contributed by atoms with Crippen LogP contribution in [-0.2, 0) is 4.79 Å². The van der Waals surface area contributed by atoms with Crippen molar-refractivity contribution in [2.24, 2.45) is 0 Å². The van der Waals surface area contributed by atoms with E-state index in [1.807, 2.05) is 108 Å². The average molecular weight is 425 g/mol. The summed E-state index contributed by atoms with van der Waals surface area (Å²) in [7, 11) is 0. The molecule has 0 bridgehead atoms. The van der Waals surface area contributed by atoms with E-state index in [4.69, 9.17) is 0 Å². The van der Waals surface area contributed by atoms with Crippen molar-refractivity contribution in [3.8, 4) is 0 Å². The maximum absolute atomic E-state index is 13.4. The molecule has 4 heteroatoms. The van der Waals surface area contributed by atoms with Crippen molar-refractivity contribution in [2.45, 2.75) is 39.2 Å². The van der Waals surface area contributed by atoms with Crippen LogP contribution in [0.5, 0.6) is 0 Å². The molecule has 1 heterocycles. The molecule has 2 amide bonds. The van der Waals surface area contributed by atoms with Crippen molar-refractivity contribution >= 4 is 28.9 Å². The van der Waals surface area contributed by atoms with Gasteiger partial charge in [0.05, 0.1) is 17.4 Å². The fourth-order valence-electron chi connectivity index (χ4n) is 4.16. The molecule has 1 atom stereocenters. The smallest absolute Gasteiger partial charge is 0.258 e. The number of unbranched alkanes of at least 4 members (excludes halogenated alkanes) is 1. The van der Waals surface area contributed by atoms with E-state index < -0.39 is 0 Å². The highest BCUT2D eigenvalue weighted by molar-refractivity contribution is 6.13. The van der Waals surface area contributed by atoms with Crippen LogP contribution in [-0.4, -0.2) is 17.9 Å². The van der Waals surface area contributed by atoms with Crippen LogP contribution in [0.15, 0.2) is 91.0 Å². The summed E-state index contributed by atoms with van der Waals surface area (Å²) >= 11 is 0. The molecule has 0 saturated carbocycles. The lowest BCUT2D eigenvalue weighted by Crippen LogP contribution is -2.42. The van der Waals surface area contributed by atoms with E-state index in [0.29, 0.717) is 12.0 Å². The van der Waals surface area contributed by atoms with Gasteiger partial charge >= 0.3 is 0 Å². The number of hydrogen-bond acceptors (Lipinski definition) is 2. The molecule has 1 aliphatic rings. The number of rotatable bonds is 6. The molecule has 0 aliphatic carbocycles. The van der Waals surface area contributed by atoms with Gasteiger partial charge in [-0.2, -0.15) is 0 Å². The Morgan fingerprint density at radius 1 is 0.875 bits per heavy atom. The molecule has 0 spiro atoms. The molecule has 0 N–H and O–H groups in total. The van der Waals surface area contributed by atoms with E-state index in [1.165, 1.54) is 0 Å². The standard InChI is InChI=1S/C28H28N2O2/c1-3-4-19-27(31)30(23-15-9-6-10-16-23)26-20-21(2)29(25-18-12-11-17-24(25)26)28(32)22-13-7-5-8-14-22/h5-18,20-21H,3-4,19H2,1-2H3. The van der Waals surface area contributed by atoms with Crippen molar-refractivity contribution < 1.29 is 9.59 Å². The molecule has 0 saturated heterocycles. The quantitative estimate of drug-likeness (QED) is 0.466. The molecule has 4 nitrogen and oxygen atoms in total. The summed E-state index contributed by atoms with van der Waals surface area (Å²) in [6.07, 6.45) is 4.30. The third-order valence-electron chi connectivity index (χ3n) is 5.73. The summed E-state index contributed by atoms with van der Waals surface area (Å²) in [5.74, 6) is 0.0126. The number of amides is 2. The summed E-state index contributed by atoms with van der Waals surface area (Å²) in [5.41, 5.74) is 4.01. The Labute approximate surface area is 189 Å². The van der Waals surface area contributed by atoms with Crippen molar-refractivity contribution in [1.82, 2.24) is 0 Å². The molecule has 1 unspecified atom stereocenters. The Kier molecular flexibility index (Phi) is 6.50. The van der Waals surface area contributed by atoms with Gasteiger partial charge in [-0.1, -0.05) is 67.9 Å². The molecule has 0 fully saturated rings. The lowest BCUT2D eigenvalue weighted by molar-refractivity contribution is -0.117. The van der Waals surface area contributed by atoms with Gasteiger partial charge in [-0.05, 0) is 49.8 Å². The van der Waals surface area contributed by atoms with Gasteiger partial charge in [-0.3, -0.25) is 14.5 Å². The van der Waals surface area contributed by atoms with Gasteiger partial charge in [-0.25, -0.2) is 0 Å². The summed E-state index contributed by atoms with van der Waals surface area (Å²) < 4.78 is 0. The molecule has 162 valence electrons. The number of benzene rings is 3. The normalized spacial score (nSPS) is 15.0. The second kappa shape index (κ2) is 9.65. The minimum Gasteiger partial charge on any atom is -0.301 e. The van der Waals surface area contributed by atoms with Gasteiger partial charge in [0.15, 0.2) is 0 Å². The number of carbonyl (C=O) groups excluding carboxylic acids is 2. The zero-order valence-corrected chi connectivity index (χ0v) is 18.6. The van der Waals surface area contributed by atoms with Crippen molar-refractivity contribution in [3.05, 3.63) is 102 Å². The fraction of sp³-hybridized carbons (Fsp3) is 0.214. The SMILES string of the molecule is CCCCC(=O)N(C1=CC(C)N(C(=O)c2ccccc2)c2ccccc21)c1ccccc1. The lowest BCUT2D eigenvalue weighted by atomic mass is 9.97. The number of carbonyl (C=O) groups is 2. The van der Waals surface area contributed by atoms with Gasteiger partial charge < -0.3 is 4.90 Å². The largest absolute Gasteiger partial charge is 0.301 e. The van der Waals surface area contributed by atoms with Gasteiger partial charge in [0, 0.05) is 23.2 Å². The van der Waals surface area contributed by atoms with Crippen LogP contribution in [0.2, 0.25) is 0 Å². The minimum atomic E-state index is -0.210. The van der Waals surface area contributed by atoms with E-state index in [1.54, 1.807) is 0 Å². The first-order chi connectivity index (χ1) is 15.6. The van der Waals surface area contributed by atoms with Crippen molar-refractivity contribution in [1.29, 1.82) is 0 Å². The molecular formula is C28H28N2O2. The molecular weight excluding hydrogens is 396 g/mol. The average Bonchev–Trinajstić information content (AvgIpc) is 2.84. The summed E-state index contributed by atoms with van der Waals surface area (Å²) in [6, 6.07) is 26.7. The predicted octanol–water partition coefficient (Wildman–Crippen LogP) is 6.30. The third-order valence-corrected chi connectivity index (χ3v) is 5.73. The number of para-hydroxylation sites is 2. The molecule has 3 aromatic carbocycles. The van der Waals surface area contributed by atoms with E-state index >= 15 is 0 Å². The van der Waals surface area contributed by atoms with E-state index in [-0.39, 0.29) is 17.9 Å². The number of nitrogens with zero attached hydrogens (tertiary/aromatic N) is 2. The van der Waals surface area contributed by atoms with E-state index in [2.05, 4.69) is 6.92 Å². The van der Waals surface area contributed by atoms with Gasteiger partial charge in [0.2, 0.25) is 5.91 Å². The fourth-order valence-corrected chi connectivity index (χ4v) is 4.16. The minimum absolute atomic E-state index is 0.0515. The zero-order chi connectivity index (χ0) is 22.5. The predicted molar refractivity (Wildman–Crippen MR) is 131 cm³/mol. The zero-order valence-electron chi connectivity index (χ0n) is 18.6. The second-order valence-corrected chi connectivity index (χ2v) is 8.02. The van der Waals surface area contributed by atoms with E-state index in [9.17, 15) is 9.59 Å². The first kappa shape index (κ1) is 21.6. The Hall–Kier alpha value is -3.66. The first-order valence-electron chi connectivity index (χ1n) is 11.2. The maximum atomic E-state index is 13.4. The van der Waals surface area contributed by atoms with E-state index in [0.717, 1.165) is 35.5 Å². The lowest BCUT2D eigenvalue weighted by Gasteiger charge is -2.37. The molecule has 4 rings (SSSR count). The third kappa shape index (κ3) is 4.22. The molecule has 3 aromatic rings. The molecule has 1 aliphatic heterocycles.